The van der Waals surface area contributed by atoms with Gasteiger partial charge in [0.05, 0.1) is 32.4 Å². The molecule has 0 fully saturated rings. The van der Waals surface area contributed by atoms with Crippen LogP contribution in [0.3, 0.4) is 0 Å². The van der Waals surface area contributed by atoms with Gasteiger partial charge in [-0.2, -0.15) is 0 Å². The minimum absolute atomic E-state index is 0.0680. The van der Waals surface area contributed by atoms with E-state index in [0.717, 1.165) is 0 Å². The van der Waals surface area contributed by atoms with Crippen molar-refractivity contribution in [3.63, 3.8) is 0 Å². The molecule has 4 aromatic rings. The zero-order valence-corrected chi connectivity index (χ0v) is 18.4. The summed E-state index contributed by atoms with van der Waals surface area (Å²) in [6, 6.07) is 15.4. The summed E-state index contributed by atoms with van der Waals surface area (Å²) in [5.41, 5.74) is 0.551. The normalized spacial score (nSPS) is 11.7. The van der Waals surface area contributed by atoms with Gasteiger partial charge in [0, 0.05) is 5.56 Å². The molecule has 4 rings (SSSR count). The third-order valence-corrected chi connectivity index (χ3v) is 5.08. The molecular formula is C25H23NO7. The Morgan fingerprint density at radius 3 is 2.55 bits per heavy atom. The van der Waals surface area contributed by atoms with Gasteiger partial charge >= 0.3 is 0 Å². The number of furan rings is 1. The molecule has 2 aromatic carbocycles. The molecule has 8 nitrogen and oxygen atoms in total. The maximum absolute atomic E-state index is 13.3. The standard InChI is InChI=1S/C25H23NO7/c1-15(25(28)26-14-17-7-6-12-31-17)32-24-22(27)18-8-4-5-9-19(18)33-23(24)16-10-11-20(29-2)21(13-16)30-3/h4-13,15H,14H2,1-3H3,(H,26,28). The van der Waals surface area contributed by atoms with E-state index in [4.69, 9.17) is 23.0 Å². The summed E-state index contributed by atoms with van der Waals surface area (Å²) in [5.74, 6) is 1.30. The number of methoxy groups -OCH3 is 2. The van der Waals surface area contributed by atoms with Crippen molar-refractivity contribution in [2.24, 2.45) is 0 Å². The average molecular weight is 449 g/mol. The fraction of sp³-hybridized carbons (Fsp3) is 0.200. The van der Waals surface area contributed by atoms with Crippen LogP contribution in [-0.4, -0.2) is 26.2 Å². The molecule has 0 saturated carbocycles. The molecule has 170 valence electrons. The van der Waals surface area contributed by atoms with Gasteiger partial charge in [-0.15, -0.1) is 0 Å². The number of benzene rings is 2. The summed E-state index contributed by atoms with van der Waals surface area (Å²) in [6.45, 7) is 1.76. The molecule has 1 N–H and O–H groups in total. The SMILES string of the molecule is COc1ccc(-c2oc3ccccc3c(=O)c2OC(C)C(=O)NCc2ccco2)cc1OC. The quantitative estimate of drug-likeness (QED) is 0.431. The molecule has 0 aliphatic heterocycles. The molecule has 2 aromatic heterocycles. The topological polar surface area (TPSA) is 100 Å². The van der Waals surface area contributed by atoms with Crippen molar-refractivity contribution in [1.82, 2.24) is 5.32 Å². The lowest BCUT2D eigenvalue weighted by Gasteiger charge is -2.17. The number of ether oxygens (including phenoxy) is 3. The fourth-order valence-electron chi connectivity index (χ4n) is 3.36. The fourth-order valence-corrected chi connectivity index (χ4v) is 3.36. The number of carbonyl (C=O) groups excluding carboxylic acids is 1. The molecule has 0 aliphatic rings. The first-order chi connectivity index (χ1) is 16.0. The second-order valence-corrected chi connectivity index (χ2v) is 7.21. The van der Waals surface area contributed by atoms with E-state index in [0.29, 0.717) is 33.8 Å². The van der Waals surface area contributed by atoms with Gasteiger partial charge in [-0.05, 0) is 49.4 Å². The molecule has 8 heteroatoms. The summed E-state index contributed by atoms with van der Waals surface area (Å²) < 4.78 is 27.8. The molecule has 33 heavy (non-hydrogen) atoms. The van der Waals surface area contributed by atoms with Crippen molar-refractivity contribution in [2.45, 2.75) is 19.6 Å². The van der Waals surface area contributed by atoms with E-state index < -0.39 is 12.0 Å². The van der Waals surface area contributed by atoms with Crippen LogP contribution in [0.15, 0.2) is 74.5 Å². The molecule has 1 atom stereocenters. The van der Waals surface area contributed by atoms with Gasteiger partial charge < -0.3 is 28.4 Å². The molecule has 1 amide bonds. The van der Waals surface area contributed by atoms with Gasteiger partial charge in [-0.25, -0.2) is 0 Å². The molecule has 0 radical (unpaired) electrons. The summed E-state index contributed by atoms with van der Waals surface area (Å²) >= 11 is 0. The molecule has 1 unspecified atom stereocenters. The maximum Gasteiger partial charge on any atom is 0.261 e. The summed E-state index contributed by atoms with van der Waals surface area (Å²) in [4.78, 5) is 25.9. The van der Waals surface area contributed by atoms with Crippen LogP contribution in [0.2, 0.25) is 0 Å². The third kappa shape index (κ3) is 4.55. The zero-order valence-electron chi connectivity index (χ0n) is 18.4. The summed E-state index contributed by atoms with van der Waals surface area (Å²) in [5, 5.41) is 3.07. The van der Waals surface area contributed by atoms with E-state index in [1.54, 1.807) is 61.5 Å². The number of nitrogens with one attached hydrogen (secondary N) is 1. The van der Waals surface area contributed by atoms with E-state index in [1.807, 2.05) is 0 Å². The van der Waals surface area contributed by atoms with Gasteiger partial charge in [-0.3, -0.25) is 9.59 Å². The van der Waals surface area contributed by atoms with Crippen molar-refractivity contribution in [2.75, 3.05) is 14.2 Å². The minimum atomic E-state index is -0.970. The van der Waals surface area contributed by atoms with Crippen LogP contribution in [0.1, 0.15) is 12.7 Å². The van der Waals surface area contributed by atoms with Crippen LogP contribution >= 0.6 is 0 Å². The maximum atomic E-state index is 13.3. The molecule has 0 saturated heterocycles. The van der Waals surface area contributed by atoms with Crippen molar-refractivity contribution < 1.29 is 27.8 Å². The van der Waals surface area contributed by atoms with Gasteiger partial charge in [0.15, 0.2) is 23.4 Å². The lowest BCUT2D eigenvalue weighted by Crippen LogP contribution is -2.36. The highest BCUT2D eigenvalue weighted by Crippen LogP contribution is 2.37. The van der Waals surface area contributed by atoms with E-state index >= 15 is 0 Å². The van der Waals surface area contributed by atoms with Crippen LogP contribution in [0, 0.1) is 0 Å². The van der Waals surface area contributed by atoms with Crippen LogP contribution < -0.4 is 25.0 Å². The van der Waals surface area contributed by atoms with Crippen LogP contribution in [0.4, 0.5) is 0 Å². The lowest BCUT2D eigenvalue weighted by molar-refractivity contribution is -0.127. The zero-order chi connectivity index (χ0) is 23.4. The van der Waals surface area contributed by atoms with E-state index in [-0.39, 0.29) is 23.5 Å². The summed E-state index contributed by atoms with van der Waals surface area (Å²) in [7, 11) is 3.05. The second-order valence-electron chi connectivity index (χ2n) is 7.21. The van der Waals surface area contributed by atoms with Crippen molar-refractivity contribution in [3.8, 4) is 28.6 Å². The molecular weight excluding hydrogens is 426 g/mol. The highest BCUT2D eigenvalue weighted by molar-refractivity contribution is 5.84. The Morgan fingerprint density at radius 1 is 1.03 bits per heavy atom. The first-order valence-corrected chi connectivity index (χ1v) is 10.3. The highest BCUT2D eigenvalue weighted by Gasteiger charge is 2.23. The van der Waals surface area contributed by atoms with Crippen molar-refractivity contribution in [3.05, 3.63) is 76.8 Å². The number of carbonyl (C=O) groups is 1. The van der Waals surface area contributed by atoms with Gasteiger partial charge in [0.1, 0.15) is 11.3 Å². The average Bonchev–Trinajstić information content (AvgIpc) is 3.37. The van der Waals surface area contributed by atoms with Crippen molar-refractivity contribution in [1.29, 1.82) is 0 Å². The Balaban J connectivity index is 1.72. The number of fused-ring (bicyclic) bond motifs is 1. The Bertz CT molecular complexity index is 1320. The Labute approximate surface area is 189 Å². The second kappa shape index (κ2) is 9.52. The van der Waals surface area contributed by atoms with Crippen LogP contribution in [-0.2, 0) is 11.3 Å². The number of hydrogen-bond acceptors (Lipinski definition) is 7. The number of para-hydroxylation sites is 1. The van der Waals surface area contributed by atoms with E-state index in [2.05, 4.69) is 5.32 Å². The highest BCUT2D eigenvalue weighted by atomic mass is 16.5. The van der Waals surface area contributed by atoms with E-state index in [1.165, 1.54) is 20.5 Å². The molecule has 0 spiro atoms. The molecule has 0 bridgehead atoms. The lowest BCUT2D eigenvalue weighted by atomic mass is 10.1. The Kier molecular flexibility index (Phi) is 6.35. The number of amides is 1. The van der Waals surface area contributed by atoms with Gasteiger partial charge in [0.25, 0.3) is 5.91 Å². The van der Waals surface area contributed by atoms with Crippen LogP contribution in [0.5, 0.6) is 17.2 Å². The van der Waals surface area contributed by atoms with Crippen molar-refractivity contribution >= 4 is 16.9 Å². The Hall–Kier alpha value is -4.20. The smallest absolute Gasteiger partial charge is 0.261 e. The van der Waals surface area contributed by atoms with Gasteiger partial charge in [-0.1, -0.05) is 12.1 Å². The van der Waals surface area contributed by atoms with Gasteiger partial charge in [0.2, 0.25) is 11.2 Å². The third-order valence-electron chi connectivity index (χ3n) is 5.08. The first kappa shape index (κ1) is 22.0. The predicted molar refractivity (Wildman–Crippen MR) is 122 cm³/mol. The minimum Gasteiger partial charge on any atom is -0.493 e. The predicted octanol–water partition coefficient (Wildman–Crippen LogP) is 4.15. The Morgan fingerprint density at radius 2 is 1.82 bits per heavy atom. The summed E-state index contributed by atoms with van der Waals surface area (Å²) in [6.07, 6.45) is 0.555. The first-order valence-electron chi connectivity index (χ1n) is 10.3. The monoisotopic (exact) mass is 449 g/mol. The molecule has 0 aliphatic carbocycles. The van der Waals surface area contributed by atoms with Crippen LogP contribution in [0.25, 0.3) is 22.3 Å². The van der Waals surface area contributed by atoms with E-state index in [9.17, 15) is 9.59 Å². The number of rotatable bonds is 8. The number of hydrogen-bond donors (Lipinski definition) is 1. The molecule has 2 heterocycles. The largest absolute Gasteiger partial charge is 0.493 e.